The van der Waals surface area contributed by atoms with Crippen molar-refractivity contribution in [2.24, 2.45) is 10.2 Å². The van der Waals surface area contributed by atoms with Crippen LogP contribution in [0.25, 0.3) is 10.8 Å². The fraction of sp³-hybridized carbons (Fsp3) is 0.0455. The number of nitrogens with two attached hydrogens (primary N) is 1. The van der Waals surface area contributed by atoms with E-state index in [4.69, 9.17) is 10.5 Å². The van der Waals surface area contributed by atoms with E-state index in [9.17, 15) is 13.0 Å². The van der Waals surface area contributed by atoms with E-state index in [0.717, 1.165) is 5.56 Å². The Labute approximate surface area is 208 Å². The third-order valence-corrected chi connectivity index (χ3v) is 5.44. The zero-order valence-electron chi connectivity index (χ0n) is 18.2. The summed E-state index contributed by atoms with van der Waals surface area (Å²) in [6.45, 7) is 0.373. The molecule has 10 heteroatoms. The zero-order chi connectivity index (χ0) is 21.8. The molecule has 4 aromatic rings. The van der Waals surface area contributed by atoms with Crippen molar-refractivity contribution in [3.63, 3.8) is 0 Å². The summed E-state index contributed by atoms with van der Waals surface area (Å²) in [5.74, 6) is 0.596. The maximum absolute atomic E-state index is 11.8. The van der Waals surface area contributed by atoms with Crippen LogP contribution in [0.3, 0.4) is 0 Å². The molecule has 0 saturated carbocycles. The Bertz CT molecular complexity index is 1390. The number of anilines is 1. The number of nitrogen functional groups attached to an aromatic ring is 1. The van der Waals surface area contributed by atoms with Crippen molar-refractivity contribution in [1.29, 1.82) is 0 Å². The van der Waals surface area contributed by atoms with Crippen LogP contribution in [0.1, 0.15) is 6.99 Å². The van der Waals surface area contributed by atoms with Crippen LogP contribution in [0.15, 0.2) is 94.2 Å². The first kappa shape index (κ1) is 23.8. The van der Waals surface area contributed by atoms with Gasteiger partial charge in [0.05, 0.1) is 11.4 Å². The maximum Gasteiger partial charge on any atom is 1.00 e. The van der Waals surface area contributed by atoms with Crippen LogP contribution in [-0.4, -0.2) is 18.0 Å². The van der Waals surface area contributed by atoms with E-state index in [0.29, 0.717) is 28.8 Å². The summed E-state index contributed by atoms with van der Waals surface area (Å²) in [4.78, 5) is 3.69. The number of aromatic nitrogens is 1. The van der Waals surface area contributed by atoms with Crippen molar-refractivity contribution < 1.29 is 48.7 Å². The number of azo groups is 1. The predicted octanol–water partition coefficient (Wildman–Crippen LogP) is 2.17. The summed E-state index contributed by atoms with van der Waals surface area (Å²) >= 11 is 0. The molecule has 3 N–H and O–H groups in total. The molecule has 1 heterocycles. The van der Waals surface area contributed by atoms with Gasteiger partial charge >= 0.3 is 29.6 Å². The van der Waals surface area contributed by atoms with Crippen LogP contribution < -0.4 is 40.0 Å². The van der Waals surface area contributed by atoms with Crippen LogP contribution in [0.5, 0.6) is 5.75 Å². The summed E-state index contributed by atoms with van der Waals surface area (Å²) in [6.07, 6.45) is 3.39. The van der Waals surface area contributed by atoms with E-state index in [-0.39, 0.29) is 47.3 Å². The van der Waals surface area contributed by atoms with Gasteiger partial charge < -0.3 is 11.9 Å². The second kappa shape index (κ2) is 10.2. The first-order chi connectivity index (χ1) is 14.9. The minimum atomic E-state index is -4.47. The summed E-state index contributed by atoms with van der Waals surface area (Å²) in [5, 5.41) is 9.05. The van der Waals surface area contributed by atoms with Crippen molar-refractivity contribution in [3.8, 4) is 5.75 Å². The number of hydrogen-bond acceptors (Lipinski definition) is 7. The Morgan fingerprint density at radius 2 is 1.69 bits per heavy atom. The van der Waals surface area contributed by atoms with E-state index >= 15 is 0 Å². The average molecular weight is 458 g/mol. The average Bonchev–Trinajstić information content (AvgIpc) is 2.77. The number of rotatable bonds is 6. The van der Waals surface area contributed by atoms with E-state index in [2.05, 4.69) is 15.2 Å². The monoisotopic (exact) mass is 458 g/mol. The standard InChI is InChI=1S/C22H18N4O4S.Na.H/c23-22-19-7-2-1-6-18(19)21(31(27,28)29)13-20(22)26-25-16-4-3-5-17(12-16)30-14-15-8-10-24-11-9-15;;/h1-13H,14,23H2,(H,27,28,29);;/q;+1;-1. The number of pyridine rings is 1. The van der Waals surface area contributed by atoms with Crippen LogP contribution in [0, 0.1) is 0 Å². The number of hydrogen-bond donors (Lipinski definition) is 2. The molecule has 0 radical (unpaired) electrons. The minimum Gasteiger partial charge on any atom is -1.00 e. The molecule has 0 saturated heterocycles. The Hall–Kier alpha value is -2.82. The van der Waals surface area contributed by atoms with Gasteiger partial charge in [-0.3, -0.25) is 9.54 Å². The second-order valence-corrected chi connectivity index (χ2v) is 8.06. The Morgan fingerprint density at radius 1 is 0.969 bits per heavy atom. The molecule has 0 bridgehead atoms. The summed E-state index contributed by atoms with van der Waals surface area (Å²) in [7, 11) is -4.47. The first-order valence-electron chi connectivity index (χ1n) is 9.24. The second-order valence-electron chi connectivity index (χ2n) is 6.67. The molecule has 0 amide bonds. The van der Waals surface area contributed by atoms with Crippen molar-refractivity contribution >= 4 is 38.0 Å². The molecule has 0 unspecified atom stereocenters. The van der Waals surface area contributed by atoms with Gasteiger partial charge in [0.2, 0.25) is 0 Å². The quantitative estimate of drug-likeness (QED) is 0.197. The molecule has 4 rings (SSSR count). The van der Waals surface area contributed by atoms with Gasteiger partial charge in [-0.2, -0.15) is 13.5 Å². The largest absolute Gasteiger partial charge is 1.00 e. The van der Waals surface area contributed by atoms with Crippen molar-refractivity contribution in [2.45, 2.75) is 11.5 Å². The van der Waals surface area contributed by atoms with Gasteiger partial charge in [-0.1, -0.05) is 30.3 Å². The fourth-order valence-electron chi connectivity index (χ4n) is 3.04. The van der Waals surface area contributed by atoms with Gasteiger partial charge in [-0.25, -0.2) is 0 Å². The van der Waals surface area contributed by atoms with Crippen LogP contribution in [0.4, 0.5) is 17.1 Å². The van der Waals surface area contributed by atoms with Crippen molar-refractivity contribution in [1.82, 2.24) is 4.98 Å². The molecule has 0 spiro atoms. The normalized spacial score (nSPS) is 11.4. The number of nitrogens with zero attached hydrogens (tertiary/aromatic N) is 3. The fourth-order valence-corrected chi connectivity index (χ4v) is 3.76. The molecule has 0 aliphatic rings. The molecule has 158 valence electrons. The molecular formula is C22H19N4NaO4S. The third-order valence-electron chi connectivity index (χ3n) is 4.55. The summed E-state index contributed by atoms with van der Waals surface area (Å²) < 4.78 is 39.1. The predicted molar refractivity (Wildman–Crippen MR) is 118 cm³/mol. The molecule has 0 aliphatic heterocycles. The molecule has 1 aromatic heterocycles. The number of fused-ring (bicyclic) bond motifs is 1. The third kappa shape index (κ3) is 5.50. The van der Waals surface area contributed by atoms with Gasteiger partial charge in [0.25, 0.3) is 10.1 Å². The van der Waals surface area contributed by atoms with Gasteiger partial charge in [-0.05, 0) is 35.9 Å². The molecular weight excluding hydrogens is 439 g/mol. The van der Waals surface area contributed by atoms with E-state index in [1.54, 1.807) is 60.9 Å². The molecule has 0 aliphatic carbocycles. The minimum absolute atomic E-state index is 0. The van der Waals surface area contributed by atoms with E-state index in [1.165, 1.54) is 6.07 Å². The molecule has 8 nitrogen and oxygen atoms in total. The van der Waals surface area contributed by atoms with Gasteiger partial charge in [0.15, 0.2) is 0 Å². The Kier molecular flexibility index (Phi) is 7.60. The SMILES string of the molecule is Nc1c(N=Nc2cccc(OCc3ccncc3)c2)cc(S(=O)(=O)O)c2ccccc12.[H-].[Na+]. The van der Waals surface area contributed by atoms with Crippen molar-refractivity contribution in [3.05, 3.63) is 84.7 Å². The van der Waals surface area contributed by atoms with E-state index in [1.807, 2.05) is 12.1 Å². The van der Waals surface area contributed by atoms with Gasteiger partial charge in [0, 0.05) is 29.2 Å². The van der Waals surface area contributed by atoms with E-state index < -0.39 is 10.1 Å². The molecule has 0 atom stereocenters. The first-order valence-corrected chi connectivity index (χ1v) is 10.7. The molecule has 3 aromatic carbocycles. The van der Waals surface area contributed by atoms with Crippen LogP contribution in [-0.2, 0) is 16.7 Å². The van der Waals surface area contributed by atoms with Gasteiger partial charge in [-0.15, -0.1) is 5.11 Å². The summed E-state index contributed by atoms with van der Waals surface area (Å²) in [5.41, 5.74) is 8.04. The van der Waals surface area contributed by atoms with Crippen LogP contribution in [0.2, 0.25) is 0 Å². The van der Waals surface area contributed by atoms with Crippen LogP contribution >= 0.6 is 0 Å². The molecule has 32 heavy (non-hydrogen) atoms. The smallest absolute Gasteiger partial charge is 1.00 e. The molecule has 0 fully saturated rings. The maximum atomic E-state index is 11.8. The zero-order valence-corrected chi connectivity index (χ0v) is 20.0. The van der Waals surface area contributed by atoms with Crippen molar-refractivity contribution in [2.75, 3.05) is 5.73 Å². The number of ether oxygens (including phenoxy) is 1. The topological polar surface area (TPSA) is 127 Å². The Morgan fingerprint density at radius 3 is 2.41 bits per heavy atom. The van der Waals surface area contributed by atoms with Gasteiger partial charge in [0.1, 0.15) is 22.9 Å². The summed E-state index contributed by atoms with van der Waals surface area (Å²) in [6, 6.07) is 18.5. The Balaban J connectivity index is 0.00000193. The number of benzene rings is 3.